The van der Waals surface area contributed by atoms with Gasteiger partial charge in [0.2, 0.25) is 12.2 Å². The average molecular weight is 404 g/mol. The summed E-state index contributed by atoms with van der Waals surface area (Å²) in [5, 5.41) is 3.51. The van der Waals surface area contributed by atoms with E-state index in [1.54, 1.807) is 7.11 Å². The number of hydrogen-bond acceptors (Lipinski definition) is 6. The number of nitrogens with one attached hydrogen (secondary N) is 1. The smallest absolute Gasteiger partial charge is 0.310 e. The fraction of sp³-hybridized carbons (Fsp3) is 0.545. The molecule has 0 fully saturated rings. The van der Waals surface area contributed by atoms with Gasteiger partial charge in [0.05, 0.1) is 37.3 Å². The molecule has 0 amide bonds. The Hall–Kier alpha value is -2.38. The van der Waals surface area contributed by atoms with E-state index >= 15 is 0 Å². The van der Waals surface area contributed by atoms with E-state index in [1.165, 1.54) is 0 Å². The lowest BCUT2D eigenvalue weighted by atomic mass is 9.96. The van der Waals surface area contributed by atoms with Gasteiger partial charge in [-0.2, -0.15) is 0 Å². The molecule has 1 N–H and O–H groups in total. The minimum atomic E-state index is -0.501. The molecule has 29 heavy (non-hydrogen) atoms. The van der Waals surface area contributed by atoms with Crippen LogP contribution in [0, 0.1) is 5.92 Å². The fourth-order valence-electron chi connectivity index (χ4n) is 3.58. The van der Waals surface area contributed by atoms with Crippen molar-refractivity contribution in [1.82, 2.24) is 9.55 Å². The molecule has 2 unspecified atom stereocenters. The van der Waals surface area contributed by atoms with Gasteiger partial charge in [-0.3, -0.25) is 9.36 Å². The lowest BCUT2D eigenvalue weighted by molar-refractivity contribution is -0.152. The monoisotopic (exact) mass is 403 g/mol. The quantitative estimate of drug-likeness (QED) is 0.465. The highest BCUT2D eigenvalue weighted by molar-refractivity contribution is 5.80. The van der Waals surface area contributed by atoms with E-state index in [-0.39, 0.29) is 13.8 Å². The zero-order valence-electron chi connectivity index (χ0n) is 17.7. The van der Waals surface area contributed by atoms with E-state index in [2.05, 4.69) is 26.1 Å². The van der Waals surface area contributed by atoms with Crippen LogP contribution in [0.2, 0.25) is 0 Å². The van der Waals surface area contributed by atoms with Crippen LogP contribution in [0.5, 0.6) is 0 Å². The number of imidazole rings is 1. The van der Waals surface area contributed by atoms with E-state index in [0.717, 1.165) is 35.1 Å². The number of carbonyl (C=O) groups excluding carboxylic acids is 1. The number of allylic oxidation sites excluding steroid dienone is 1. The first-order valence-electron chi connectivity index (χ1n) is 10.3. The Bertz CT molecular complexity index is 880. The molecule has 2 heterocycles. The number of ether oxygens (including phenoxy) is 3. The Morgan fingerprint density at radius 1 is 1.28 bits per heavy atom. The molecule has 7 nitrogen and oxygen atoms in total. The summed E-state index contributed by atoms with van der Waals surface area (Å²) >= 11 is 0. The van der Waals surface area contributed by atoms with Gasteiger partial charge in [0.1, 0.15) is 0 Å². The van der Waals surface area contributed by atoms with Gasteiger partial charge in [-0.15, -0.1) is 0 Å². The van der Waals surface area contributed by atoms with Crippen LogP contribution >= 0.6 is 0 Å². The number of para-hydroxylation sites is 2. The molecule has 1 aliphatic heterocycles. The Morgan fingerprint density at radius 3 is 2.79 bits per heavy atom. The molecule has 1 aromatic heterocycles. The largest absolute Gasteiger partial charge is 0.437 e. The van der Waals surface area contributed by atoms with Crippen LogP contribution in [0.3, 0.4) is 0 Å². The fourth-order valence-corrected chi connectivity index (χ4v) is 3.58. The van der Waals surface area contributed by atoms with Crippen LogP contribution in [0.15, 0.2) is 35.5 Å². The van der Waals surface area contributed by atoms with Crippen molar-refractivity contribution in [3.8, 4) is 0 Å². The first-order chi connectivity index (χ1) is 14.1. The molecule has 3 rings (SSSR count). The maximum absolute atomic E-state index is 12.6. The molecule has 2 aromatic rings. The van der Waals surface area contributed by atoms with E-state index < -0.39 is 6.23 Å². The number of benzene rings is 1. The molecule has 1 aromatic carbocycles. The number of nitrogens with zero attached hydrogens (tertiary/aromatic N) is 2. The number of methoxy groups -OCH3 is 1. The summed E-state index contributed by atoms with van der Waals surface area (Å²) in [5.74, 6) is 0.748. The second-order valence-corrected chi connectivity index (χ2v) is 7.22. The first kappa shape index (κ1) is 21.3. The molecule has 160 valence electrons. The third kappa shape index (κ3) is 4.62. The van der Waals surface area contributed by atoms with Crippen molar-refractivity contribution in [2.45, 2.75) is 46.3 Å². The van der Waals surface area contributed by atoms with Gasteiger partial charge in [0, 0.05) is 19.8 Å². The third-order valence-corrected chi connectivity index (χ3v) is 5.33. The third-order valence-electron chi connectivity index (χ3n) is 5.33. The zero-order valence-corrected chi connectivity index (χ0v) is 17.7. The second kappa shape index (κ2) is 9.89. The summed E-state index contributed by atoms with van der Waals surface area (Å²) in [6, 6.07) is 7.91. The number of fused-ring (bicyclic) bond motifs is 3. The molecule has 7 heteroatoms. The SMILES string of the molecule is CCC1=C(C(C)CC)Nc2nc3ccccc3n2C1OC(=O)CCOCCOC.[HH]. The normalized spacial score (nSPS) is 17.2. The first-order valence-corrected chi connectivity index (χ1v) is 10.3. The Labute approximate surface area is 173 Å². The maximum atomic E-state index is 12.6. The summed E-state index contributed by atoms with van der Waals surface area (Å²) in [7, 11) is 1.62. The molecule has 0 saturated heterocycles. The highest BCUT2D eigenvalue weighted by atomic mass is 16.6. The van der Waals surface area contributed by atoms with Crippen LogP contribution < -0.4 is 5.32 Å². The standard InChI is InChI=1S/C22H31N3O4.H2/c1-5-15(3)20-16(6-2)21(29-19(26)11-12-28-14-13-27-4)25-18-10-8-7-9-17(18)23-22(25)24-20;/h7-10,15,21H,5-6,11-14H2,1-4H3,(H,23,24);1H. The van der Waals surface area contributed by atoms with E-state index in [4.69, 9.17) is 19.2 Å². The van der Waals surface area contributed by atoms with Gasteiger partial charge in [0.25, 0.3) is 0 Å². The average Bonchev–Trinajstić information content (AvgIpc) is 3.11. The number of esters is 1. The van der Waals surface area contributed by atoms with Crippen molar-refractivity contribution >= 4 is 23.0 Å². The summed E-state index contributed by atoms with van der Waals surface area (Å²) in [5.41, 5.74) is 4.01. The summed E-state index contributed by atoms with van der Waals surface area (Å²) in [6.45, 7) is 7.72. The maximum Gasteiger partial charge on any atom is 0.310 e. The van der Waals surface area contributed by atoms with Crippen LogP contribution in [0.1, 0.15) is 47.7 Å². The van der Waals surface area contributed by atoms with Gasteiger partial charge < -0.3 is 19.5 Å². The predicted molar refractivity (Wildman–Crippen MR) is 115 cm³/mol. The van der Waals surface area contributed by atoms with Crippen LogP contribution in [0.25, 0.3) is 11.0 Å². The number of hydrogen-bond donors (Lipinski definition) is 1. The van der Waals surface area contributed by atoms with Gasteiger partial charge >= 0.3 is 5.97 Å². The molecule has 0 radical (unpaired) electrons. The Morgan fingerprint density at radius 2 is 2.07 bits per heavy atom. The minimum absolute atomic E-state index is 0. The van der Waals surface area contributed by atoms with E-state index in [1.807, 2.05) is 28.8 Å². The number of carbonyl (C=O) groups is 1. The Kier molecular flexibility index (Phi) is 7.28. The second-order valence-electron chi connectivity index (χ2n) is 7.22. The summed E-state index contributed by atoms with van der Waals surface area (Å²) < 4.78 is 18.4. The van der Waals surface area contributed by atoms with Crippen molar-refractivity contribution in [3.05, 3.63) is 35.5 Å². The minimum Gasteiger partial charge on any atom is -0.437 e. The summed E-state index contributed by atoms with van der Waals surface area (Å²) in [6.07, 6.45) is 1.46. The molecule has 0 bridgehead atoms. The topological polar surface area (TPSA) is 74.6 Å². The predicted octanol–water partition coefficient (Wildman–Crippen LogP) is 4.51. The van der Waals surface area contributed by atoms with Crippen LogP contribution in [-0.2, 0) is 19.0 Å². The molecule has 1 aliphatic rings. The lowest BCUT2D eigenvalue weighted by Crippen LogP contribution is -2.29. The van der Waals surface area contributed by atoms with Gasteiger partial charge in [-0.05, 0) is 30.9 Å². The van der Waals surface area contributed by atoms with Crippen molar-refractivity contribution in [1.29, 1.82) is 0 Å². The molecular formula is C22H33N3O4. The number of anilines is 1. The van der Waals surface area contributed by atoms with Crippen molar-refractivity contribution in [2.75, 3.05) is 32.2 Å². The van der Waals surface area contributed by atoms with Crippen molar-refractivity contribution < 1.29 is 20.4 Å². The van der Waals surface area contributed by atoms with E-state index in [0.29, 0.717) is 31.7 Å². The molecule has 2 atom stereocenters. The van der Waals surface area contributed by atoms with Crippen LogP contribution in [-0.4, -0.2) is 42.5 Å². The highest BCUT2D eigenvalue weighted by Gasteiger charge is 2.33. The van der Waals surface area contributed by atoms with Gasteiger partial charge in [-0.1, -0.05) is 32.9 Å². The molecule has 0 aliphatic carbocycles. The van der Waals surface area contributed by atoms with E-state index in [9.17, 15) is 4.79 Å². The highest BCUT2D eigenvalue weighted by Crippen LogP contribution is 2.39. The summed E-state index contributed by atoms with van der Waals surface area (Å²) in [4.78, 5) is 17.3. The Balaban J connectivity index is 0.00000320. The number of rotatable bonds is 10. The zero-order chi connectivity index (χ0) is 20.8. The molecule has 0 spiro atoms. The van der Waals surface area contributed by atoms with Crippen LogP contribution in [0.4, 0.5) is 5.95 Å². The van der Waals surface area contributed by atoms with Crippen molar-refractivity contribution in [2.24, 2.45) is 5.92 Å². The lowest BCUT2D eigenvalue weighted by Gasteiger charge is -2.33. The van der Waals surface area contributed by atoms with Crippen molar-refractivity contribution in [3.63, 3.8) is 0 Å². The molecular weight excluding hydrogens is 370 g/mol. The molecule has 0 saturated carbocycles. The van der Waals surface area contributed by atoms with Gasteiger partial charge in [0.15, 0.2) is 0 Å². The van der Waals surface area contributed by atoms with Gasteiger partial charge in [-0.25, -0.2) is 4.98 Å². The number of aromatic nitrogens is 2.